The smallest absolute Gasteiger partial charge is 0.240 e. The lowest BCUT2D eigenvalue weighted by Gasteiger charge is -2.23. The van der Waals surface area contributed by atoms with E-state index < -0.39 is 0 Å². The van der Waals surface area contributed by atoms with E-state index in [4.69, 9.17) is 4.52 Å². The van der Waals surface area contributed by atoms with Crippen molar-refractivity contribution < 1.29 is 8.91 Å². The minimum atomic E-state index is -0.219. The van der Waals surface area contributed by atoms with E-state index >= 15 is 0 Å². The predicted octanol–water partition coefficient (Wildman–Crippen LogP) is 2.96. The van der Waals surface area contributed by atoms with Gasteiger partial charge in [0.15, 0.2) is 5.82 Å². The van der Waals surface area contributed by atoms with Gasteiger partial charge in [0.25, 0.3) is 0 Å². The minimum Gasteiger partial charge on any atom is -0.338 e. The molecule has 0 spiro atoms. The molecule has 0 radical (unpaired) electrons. The third kappa shape index (κ3) is 3.38. The highest BCUT2D eigenvalue weighted by atomic mass is 19.1. The first-order valence-electron chi connectivity index (χ1n) is 6.37. The van der Waals surface area contributed by atoms with Gasteiger partial charge in [0.2, 0.25) is 5.89 Å². The van der Waals surface area contributed by atoms with Crippen LogP contribution in [-0.4, -0.2) is 22.1 Å². The molecule has 102 valence electrons. The summed E-state index contributed by atoms with van der Waals surface area (Å²) in [5.41, 5.74) is 1.05. The standard InChI is InChI=1S/C14H18FN3O/c1-4-13-16-14(19-17-13)9-18(3)10(2)11-5-7-12(15)8-6-11/h5-8,10H,4,9H2,1-3H3/t10-/m0/s1. The zero-order valence-corrected chi connectivity index (χ0v) is 11.4. The van der Waals surface area contributed by atoms with Gasteiger partial charge in [-0.15, -0.1) is 0 Å². The van der Waals surface area contributed by atoms with Crippen LogP contribution < -0.4 is 0 Å². The zero-order valence-electron chi connectivity index (χ0n) is 11.4. The first-order chi connectivity index (χ1) is 9.10. The quantitative estimate of drug-likeness (QED) is 0.831. The Labute approximate surface area is 112 Å². The normalized spacial score (nSPS) is 12.9. The van der Waals surface area contributed by atoms with Crippen molar-refractivity contribution in [1.29, 1.82) is 0 Å². The van der Waals surface area contributed by atoms with Crippen LogP contribution in [0.1, 0.15) is 37.2 Å². The molecule has 5 heteroatoms. The molecule has 19 heavy (non-hydrogen) atoms. The molecule has 0 aliphatic heterocycles. The van der Waals surface area contributed by atoms with E-state index in [9.17, 15) is 4.39 Å². The Hall–Kier alpha value is -1.75. The molecule has 0 saturated heterocycles. The number of rotatable bonds is 5. The van der Waals surface area contributed by atoms with Gasteiger partial charge in [0.05, 0.1) is 6.54 Å². The van der Waals surface area contributed by atoms with Crippen LogP contribution in [0.25, 0.3) is 0 Å². The number of hydrogen-bond acceptors (Lipinski definition) is 4. The van der Waals surface area contributed by atoms with Crippen molar-refractivity contribution in [2.24, 2.45) is 0 Å². The summed E-state index contributed by atoms with van der Waals surface area (Å²) in [6, 6.07) is 6.68. The third-order valence-corrected chi connectivity index (χ3v) is 3.22. The minimum absolute atomic E-state index is 0.151. The molecule has 1 aromatic heterocycles. The number of halogens is 1. The SMILES string of the molecule is CCc1noc(CN(C)[C@@H](C)c2ccc(F)cc2)n1. The maximum atomic E-state index is 12.9. The van der Waals surface area contributed by atoms with Crippen LogP contribution in [0.5, 0.6) is 0 Å². The summed E-state index contributed by atoms with van der Waals surface area (Å²) in [5.74, 6) is 1.11. The van der Waals surface area contributed by atoms with Crippen molar-refractivity contribution in [3.8, 4) is 0 Å². The summed E-state index contributed by atoms with van der Waals surface area (Å²) >= 11 is 0. The van der Waals surface area contributed by atoms with Crippen LogP contribution in [0, 0.1) is 5.82 Å². The van der Waals surface area contributed by atoms with Gasteiger partial charge in [0.1, 0.15) is 5.82 Å². The van der Waals surface area contributed by atoms with Crippen molar-refractivity contribution >= 4 is 0 Å². The highest BCUT2D eigenvalue weighted by Gasteiger charge is 2.15. The van der Waals surface area contributed by atoms with Crippen LogP contribution in [0.2, 0.25) is 0 Å². The highest BCUT2D eigenvalue weighted by molar-refractivity contribution is 5.19. The van der Waals surface area contributed by atoms with Crippen LogP contribution in [0.3, 0.4) is 0 Å². The van der Waals surface area contributed by atoms with Crippen molar-refractivity contribution in [1.82, 2.24) is 15.0 Å². The molecule has 0 unspecified atom stereocenters. The Kier molecular flexibility index (Phi) is 4.27. The maximum absolute atomic E-state index is 12.9. The molecule has 4 nitrogen and oxygen atoms in total. The fourth-order valence-electron chi connectivity index (χ4n) is 1.84. The van der Waals surface area contributed by atoms with Crippen molar-refractivity contribution in [2.45, 2.75) is 32.9 Å². The van der Waals surface area contributed by atoms with Crippen molar-refractivity contribution in [3.63, 3.8) is 0 Å². The van der Waals surface area contributed by atoms with Crippen molar-refractivity contribution in [3.05, 3.63) is 47.4 Å². The molecule has 1 heterocycles. The van der Waals surface area contributed by atoms with Crippen LogP contribution in [-0.2, 0) is 13.0 Å². The summed E-state index contributed by atoms with van der Waals surface area (Å²) in [4.78, 5) is 6.36. The van der Waals surface area contributed by atoms with Gasteiger partial charge < -0.3 is 4.52 Å². The van der Waals surface area contributed by atoms with E-state index in [0.29, 0.717) is 12.4 Å². The van der Waals surface area contributed by atoms with E-state index in [-0.39, 0.29) is 11.9 Å². The monoisotopic (exact) mass is 263 g/mol. The van der Waals surface area contributed by atoms with Gasteiger partial charge in [-0.2, -0.15) is 4.98 Å². The van der Waals surface area contributed by atoms with Gasteiger partial charge in [-0.05, 0) is 31.7 Å². The lowest BCUT2D eigenvalue weighted by Crippen LogP contribution is -2.22. The molecule has 1 aromatic carbocycles. The molecule has 1 atom stereocenters. The van der Waals surface area contributed by atoms with E-state index in [1.165, 1.54) is 12.1 Å². The maximum Gasteiger partial charge on any atom is 0.240 e. The summed E-state index contributed by atoms with van der Waals surface area (Å²) in [6.45, 7) is 4.62. The van der Waals surface area contributed by atoms with Gasteiger partial charge in [-0.3, -0.25) is 4.90 Å². The van der Waals surface area contributed by atoms with Crippen molar-refractivity contribution in [2.75, 3.05) is 7.05 Å². The number of aromatic nitrogens is 2. The van der Waals surface area contributed by atoms with Gasteiger partial charge in [0, 0.05) is 12.5 Å². The van der Waals surface area contributed by atoms with Crippen LogP contribution >= 0.6 is 0 Å². The van der Waals surface area contributed by atoms with E-state index in [0.717, 1.165) is 17.8 Å². The average Bonchev–Trinajstić information content (AvgIpc) is 2.86. The number of benzene rings is 1. The second kappa shape index (κ2) is 5.93. The number of aryl methyl sites for hydroxylation is 1. The third-order valence-electron chi connectivity index (χ3n) is 3.22. The largest absolute Gasteiger partial charge is 0.338 e. The molecule has 0 amide bonds. The average molecular weight is 263 g/mol. The predicted molar refractivity (Wildman–Crippen MR) is 70.0 cm³/mol. The van der Waals surface area contributed by atoms with E-state index in [1.807, 2.05) is 14.0 Å². The topological polar surface area (TPSA) is 42.2 Å². The number of hydrogen-bond donors (Lipinski definition) is 0. The first-order valence-corrected chi connectivity index (χ1v) is 6.37. The molecule has 2 rings (SSSR count). The second-order valence-electron chi connectivity index (χ2n) is 4.60. The second-order valence-corrected chi connectivity index (χ2v) is 4.60. The lowest BCUT2D eigenvalue weighted by molar-refractivity contribution is 0.216. The van der Waals surface area contributed by atoms with Crippen LogP contribution in [0.15, 0.2) is 28.8 Å². The highest BCUT2D eigenvalue weighted by Crippen LogP contribution is 2.20. The molecule has 2 aromatic rings. The molecule has 0 saturated carbocycles. The Balaban J connectivity index is 2.02. The Bertz CT molecular complexity index is 524. The molecule has 0 aliphatic carbocycles. The zero-order chi connectivity index (χ0) is 13.8. The summed E-state index contributed by atoms with van der Waals surface area (Å²) < 4.78 is 18.1. The first kappa shape index (κ1) is 13.7. The molecule has 0 fully saturated rings. The Morgan fingerprint density at radius 1 is 1.32 bits per heavy atom. The molecular weight excluding hydrogens is 245 g/mol. The summed E-state index contributed by atoms with van der Waals surface area (Å²) in [6.07, 6.45) is 0.765. The molecular formula is C14H18FN3O. The molecule has 0 N–H and O–H groups in total. The number of nitrogens with zero attached hydrogens (tertiary/aromatic N) is 3. The van der Waals surface area contributed by atoms with Crippen LogP contribution in [0.4, 0.5) is 4.39 Å². The fourth-order valence-corrected chi connectivity index (χ4v) is 1.84. The van der Waals surface area contributed by atoms with Gasteiger partial charge in [-0.1, -0.05) is 24.2 Å². The fraction of sp³-hybridized carbons (Fsp3) is 0.429. The Morgan fingerprint density at radius 3 is 2.58 bits per heavy atom. The lowest BCUT2D eigenvalue weighted by atomic mass is 10.1. The van der Waals surface area contributed by atoms with Gasteiger partial charge >= 0.3 is 0 Å². The summed E-state index contributed by atoms with van der Waals surface area (Å²) in [7, 11) is 1.98. The van der Waals surface area contributed by atoms with E-state index in [1.54, 1.807) is 12.1 Å². The molecule has 0 bridgehead atoms. The summed E-state index contributed by atoms with van der Waals surface area (Å²) in [5, 5.41) is 3.87. The van der Waals surface area contributed by atoms with Gasteiger partial charge in [-0.25, -0.2) is 4.39 Å². The van der Waals surface area contributed by atoms with E-state index in [2.05, 4.69) is 22.0 Å². The Morgan fingerprint density at radius 2 is 2.00 bits per heavy atom. The molecule has 0 aliphatic rings.